The molecule has 0 spiro atoms. The molecule has 0 radical (unpaired) electrons. The molecular weight excluding hydrogens is 278 g/mol. The van der Waals surface area contributed by atoms with Gasteiger partial charge in [-0.05, 0) is 55.5 Å². The van der Waals surface area contributed by atoms with Crippen molar-refractivity contribution in [3.8, 4) is 5.75 Å². The first-order chi connectivity index (χ1) is 10.8. The summed E-state index contributed by atoms with van der Waals surface area (Å²) in [5, 5.41) is 0. The number of ether oxygens (including phenoxy) is 2. The number of pyridine rings is 1. The van der Waals surface area contributed by atoms with Crippen molar-refractivity contribution in [3.05, 3.63) is 71.6 Å². The maximum Gasteiger partial charge on any atom is 0.343 e. The highest BCUT2D eigenvalue weighted by atomic mass is 16.5. The van der Waals surface area contributed by atoms with Gasteiger partial charge in [0.25, 0.3) is 0 Å². The molecule has 1 aliphatic rings. The van der Waals surface area contributed by atoms with Gasteiger partial charge in [0.2, 0.25) is 0 Å². The second kappa shape index (κ2) is 6.26. The van der Waals surface area contributed by atoms with Crippen molar-refractivity contribution in [2.75, 3.05) is 6.61 Å². The molecule has 0 saturated carbocycles. The molecule has 2 heterocycles. The molecule has 22 heavy (non-hydrogen) atoms. The Labute approximate surface area is 128 Å². The Morgan fingerprint density at radius 3 is 2.68 bits per heavy atom. The Bertz CT molecular complexity index is 731. The van der Waals surface area contributed by atoms with Crippen LogP contribution in [0.3, 0.4) is 0 Å². The first-order valence-corrected chi connectivity index (χ1v) is 7.06. The highest BCUT2D eigenvalue weighted by molar-refractivity contribution is 6.04. The van der Waals surface area contributed by atoms with Crippen molar-refractivity contribution in [1.29, 1.82) is 0 Å². The maximum atomic E-state index is 11.9. The molecule has 3 rings (SSSR count). The van der Waals surface area contributed by atoms with Gasteiger partial charge in [-0.15, -0.1) is 0 Å². The Hall–Kier alpha value is -2.88. The van der Waals surface area contributed by atoms with E-state index in [0.717, 1.165) is 17.0 Å². The zero-order valence-corrected chi connectivity index (χ0v) is 12.2. The number of nitrogens with zero attached hydrogens (tertiary/aromatic N) is 1. The van der Waals surface area contributed by atoms with E-state index in [1.807, 2.05) is 49.4 Å². The van der Waals surface area contributed by atoms with Crippen LogP contribution in [-0.4, -0.2) is 17.6 Å². The van der Waals surface area contributed by atoms with E-state index in [1.54, 1.807) is 18.3 Å². The van der Waals surface area contributed by atoms with Crippen molar-refractivity contribution in [2.24, 2.45) is 0 Å². The minimum absolute atomic E-state index is 0.366. The second-order valence-electron chi connectivity index (χ2n) is 4.71. The number of rotatable bonds is 4. The standard InChI is InChI=1S/C18H15NO3/c1-2-21-16-8-6-13(7-9-16)17-12-14(18(20)22-17)11-15-5-3-4-10-19-15/h3-12H,2H2,1H3. The van der Waals surface area contributed by atoms with Crippen LogP contribution in [0.5, 0.6) is 5.75 Å². The van der Waals surface area contributed by atoms with E-state index in [2.05, 4.69) is 4.98 Å². The predicted octanol–water partition coefficient (Wildman–Crippen LogP) is 3.46. The van der Waals surface area contributed by atoms with Crippen molar-refractivity contribution in [3.63, 3.8) is 0 Å². The second-order valence-corrected chi connectivity index (χ2v) is 4.71. The molecule has 0 atom stereocenters. The third-order valence-electron chi connectivity index (χ3n) is 3.17. The number of aromatic nitrogens is 1. The van der Waals surface area contributed by atoms with Gasteiger partial charge in [0, 0.05) is 11.8 Å². The SMILES string of the molecule is CCOc1ccc(C2=CC(=Cc3ccccn3)C(=O)O2)cc1. The van der Waals surface area contributed by atoms with Gasteiger partial charge in [-0.25, -0.2) is 4.79 Å². The van der Waals surface area contributed by atoms with Gasteiger partial charge in [0.15, 0.2) is 0 Å². The predicted molar refractivity (Wildman–Crippen MR) is 83.9 cm³/mol. The fourth-order valence-corrected chi connectivity index (χ4v) is 2.13. The number of hydrogen-bond acceptors (Lipinski definition) is 4. The number of carbonyl (C=O) groups excluding carboxylic acids is 1. The third kappa shape index (κ3) is 3.06. The van der Waals surface area contributed by atoms with Gasteiger partial charge < -0.3 is 9.47 Å². The van der Waals surface area contributed by atoms with Crippen LogP contribution < -0.4 is 4.74 Å². The lowest BCUT2D eigenvalue weighted by Crippen LogP contribution is -1.97. The van der Waals surface area contributed by atoms with Crippen LogP contribution in [0, 0.1) is 0 Å². The van der Waals surface area contributed by atoms with Gasteiger partial charge in [-0.2, -0.15) is 0 Å². The lowest BCUT2D eigenvalue weighted by molar-refractivity contribution is -0.130. The highest BCUT2D eigenvalue weighted by Gasteiger charge is 2.22. The topological polar surface area (TPSA) is 48.4 Å². The number of carbonyl (C=O) groups is 1. The van der Waals surface area contributed by atoms with Crippen molar-refractivity contribution >= 4 is 17.8 Å². The van der Waals surface area contributed by atoms with Gasteiger partial charge in [-0.3, -0.25) is 4.98 Å². The Balaban J connectivity index is 1.85. The van der Waals surface area contributed by atoms with E-state index in [1.165, 1.54) is 0 Å². The smallest absolute Gasteiger partial charge is 0.343 e. The summed E-state index contributed by atoms with van der Waals surface area (Å²) in [4.78, 5) is 16.1. The molecule has 1 aromatic heterocycles. The molecule has 0 aliphatic carbocycles. The van der Waals surface area contributed by atoms with Crippen LogP contribution >= 0.6 is 0 Å². The van der Waals surface area contributed by atoms with Gasteiger partial charge >= 0.3 is 5.97 Å². The molecule has 1 aliphatic heterocycles. The molecule has 4 nitrogen and oxygen atoms in total. The molecule has 110 valence electrons. The molecule has 0 fully saturated rings. The van der Waals surface area contributed by atoms with Crippen molar-refractivity contribution in [2.45, 2.75) is 6.92 Å². The van der Waals surface area contributed by atoms with E-state index < -0.39 is 0 Å². The molecule has 0 amide bonds. The number of esters is 1. The first kappa shape index (κ1) is 14.1. The van der Waals surface area contributed by atoms with E-state index in [-0.39, 0.29) is 5.97 Å². The number of cyclic esters (lactones) is 1. The third-order valence-corrected chi connectivity index (χ3v) is 3.17. The minimum atomic E-state index is -0.366. The summed E-state index contributed by atoms with van der Waals surface area (Å²) in [6.07, 6.45) is 5.13. The maximum absolute atomic E-state index is 11.9. The van der Waals surface area contributed by atoms with Crippen LogP contribution in [-0.2, 0) is 9.53 Å². The van der Waals surface area contributed by atoms with E-state index >= 15 is 0 Å². The number of benzene rings is 1. The summed E-state index contributed by atoms with van der Waals surface area (Å²) in [5.41, 5.74) is 2.04. The Morgan fingerprint density at radius 1 is 1.18 bits per heavy atom. The molecule has 4 heteroatoms. The summed E-state index contributed by atoms with van der Waals surface area (Å²) in [6.45, 7) is 2.55. The Morgan fingerprint density at radius 2 is 2.00 bits per heavy atom. The minimum Gasteiger partial charge on any atom is -0.494 e. The molecular formula is C18H15NO3. The lowest BCUT2D eigenvalue weighted by Gasteiger charge is -2.05. The molecule has 0 bridgehead atoms. The quantitative estimate of drug-likeness (QED) is 0.640. The summed E-state index contributed by atoms with van der Waals surface area (Å²) in [6, 6.07) is 13.0. The van der Waals surface area contributed by atoms with Gasteiger partial charge in [0.05, 0.1) is 17.9 Å². The Kier molecular flexibility index (Phi) is 4.01. The van der Waals surface area contributed by atoms with Gasteiger partial charge in [-0.1, -0.05) is 6.07 Å². The fourth-order valence-electron chi connectivity index (χ4n) is 2.13. The molecule has 0 saturated heterocycles. The van der Waals surface area contributed by atoms with Gasteiger partial charge in [0.1, 0.15) is 11.5 Å². The summed E-state index contributed by atoms with van der Waals surface area (Å²) in [5.74, 6) is 0.963. The summed E-state index contributed by atoms with van der Waals surface area (Å²) >= 11 is 0. The normalized spacial score (nSPS) is 15.6. The van der Waals surface area contributed by atoms with E-state index in [0.29, 0.717) is 17.9 Å². The lowest BCUT2D eigenvalue weighted by atomic mass is 10.1. The molecule has 0 N–H and O–H groups in total. The monoisotopic (exact) mass is 293 g/mol. The average Bonchev–Trinajstić information content (AvgIpc) is 2.90. The largest absolute Gasteiger partial charge is 0.494 e. The average molecular weight is 293 g/mol. The van der Waals surface area contributed by atoms with Crippen LogP contribution in [0.1, 0.15) is 18.2 Å². The summed E-state index contributed by atoms with van der Waals surface area (Å²) < 4.78 is 10.7. The summed E-state index contributed by atoms with van der Waals surface area (Å²) in [7, 11) is 0. The fraction of sp³-hybridized carbons (Fsp3) is 0.111. The molecule has 1 aromatic carbocycles. The molecule has 0 unspecified atom stereocenters. The van der Waals surface area contributed by atoms with Crippen LogP contribution in [0.2, 0.25) is 0 Å². The van der Waals surface area contributed by atoms with E-state index in [4.69, 9.17) is 9.47 Å². The first-order valence-electron chi connectivity index (χ1n) is 7.06. The van der Waals surface area contributed by atoms with E-state index in [9.17, 15) is 4.79 Å². The van der Waals surface area contributed by atoms with Crippen molar-refractivity contribution in [1.82, 2.24) is 4.98 Å². The van der Waals surface area contributed by atoms with Crippen molar-refractivity contribution < 1.29 is 14.3 Å². The van der Waals surface area contributed by atoms with Crippen LogP contribution in [0.15, 0.2) is 60.3 Å². The molecule has 2 aromatic rings. The zero-order chi connectivity index (χ0) is 15.4. The van der Waals surface area contributed by atoms with Crippen LogP contribution in [0.4, 0.5) is 0 Å². The highest BCUT2D eigenvalue weighted by Crippen LogP contribution is 2.28. The number of hydrogen-bond donors (Lipinski definition) is 0. The zero-order valence-electron chi connectivity index (χ0n) is 12.2. The van der Waals surface area contributed by atoms with Crippen LogP contribution in [0.25, 0.3) is 11.8 Å².